The molecule has 0 saturated carbocycles. The van der Waals surface area contributed by atoms with Gasteiger partial charge in [-0.1, -0.05) is 256 Å². The van der Waals surface area contributed by atoms with Gasteiger partial charge in [-0.15, -0.1) is 0 Å². The van der Waals surface area contributed by atoms with Gasteiger partial charge in [0.1, 0.15) is 24.4 Å². The van der Waals surface area contributed by atoms with Crippen LogP contribution in [0.1, 0.15) is 278 Å². The summed E-state index contributed by atoms with van der Waals surface area (Å²) in [6.07, 6.45) is 51.5. The third-order valence-electron chi connectivity index (χ3n) is 14.5. The lowest BCUT2D eigenvalue weighted by Gasteiger charge is -2.41. The molecule has 0 spiro atoms. The third-order valence-corrected chi connectivity index (χ3v) is 14.5. The van der Waals surface area contributed by atoms with E-state index >= 15 is 0 Å². The summed E-state index contributed by atoms with van der Waals surface area (Å²) in [5.74, 6) is -1.21. The molecule has 1 amide bonds. The van der Waals surface area contributed by atoms with Gasteiger partial charge >= 0.3 is 5.97 Å². The number of aliphatic hydroxyl groups is 5. The summed E-state index contributed by atoms with van der Waals surface area (Å²) >= 11 is 0. The molecule has 432 valence electrons. The number of nitrogens with one attached hydrogen (secondary N) is 1. The zero-order valence-corrected chi connectivity index (χ0v) is 47.7. The summed E-state index contributed by atoms with van der Waals surface area (Å²) in [5, 5.41) is 56.9. The molecule has 0 aromatic carbocycles. The van der Waals surface area contributed by atoms with Crippen molar-refractivity contribution in [2.45, 2.75) is 327 Å². The van der Waals surface area contributed by atoms with Gasteiger partial charge in [0, 0.05) is 6.42 Å². The molecular formula is C63H115NO10. The van der Waals surface area contributed by atoms with Gasteiger partial charge in [-0.3, -0.25) is 9.59 Å². The summed E-state index contributed by atoms with van der Waals surface area (Å²) in [6, 6.07) is -1.03. The fraction of sp³-hybridized carbons (Fsp3) is 0.841. The van der Waals surface area contributed by atoms with Crippen LogP contribution in [0, 0.1) is 0 Å². The van der Waals surface area contributed by atoms with E-state index in [2.05, 4.69) is 62.5 Å². The minimum absolute atomic E-state index is 0.124. The van der Waals surface area contributed by atoms with Crippen molar-refractivity contribution in [3.8, 4) is 0 Å². The van der Waals surface area contributed by atoms with Gasteiger partial charge < -0.3 is 45.1 Å². The standard InChI is InChI=1S/C63H115NO10/c1-4-7-10-13-16-19-22-25-27-29-31-33-36-39-42-45-48-51-58(68)74-61-60(70)59(69)57(52-65)73-63(61)72-53-54(55(66)49-46-43-40-37-34-24-21-18-15-12-9-6-3)64-62(71)56(67)50-47-44-41-38-35-32-30-28-26-23-20-17-14-11-8-5-2/h17,20,26,28,32,35,46,49,54-57,59-61,63,65-67,69-70H,4-16,18-19,21-25,27,29-31,33-34,36-45,47-48,50-53H2,1-3H3,(H,64,71)/b20-17-,28-26-,35-32-,49-46+. The smallest absolute Gasteiger partial charge is 0.306 e. The number of ether oxygens (including phenoxy) is 3. The highest BCUT2D eigenvalue weighted by atomic mass is 16.7. The Morgan fingerprint density at radius 1 is 0.527 bits per heavy atom. The maximum Gasteiger partial charge on any atom is 0.306 e. The molecule has 11 nitrogen and oxygen atoms in total. The van der Waals surface area contributed by atoms with E-state index in [1.165, 1.54) is 154 Å². The summed E-state index contributed by atoms with van der Waals surface area (Å²) in [6.45, 7) is 5.76. The number of esters is 1. The molecule has 1 heterocycles. The van der Waals surface area contributed by atoms with E-state index in [0.29, 0.717) is 12.8 Å². The molecule has 0 aromatic heterocycles. The molecule has 8 unspecified atom stereocenters. The topological polar surface area (TPSA) is 175 Å². The second-order valence-corrected chi connectivity index (χ2v) is 21.4. The van der Waals surface area contributed by atoms with E-state index in [9.17, 15) is 35.1 Å². The first-order chi connectivity index (χ1) is 36.2. The van der Waals surface area contributed by atoms with Crippen molar-refractivity contribution in [2.24, 2.45) is 0 Å². The molecule has 1 aliphatic rings. The molecule has 1 aliphatic heterocycles. The van der Waals surface area contributed by atoms with Crippen LogP contribution in [0.4, 0.5) is 0 Å². The zero-order chi connectivity index (χ0) is 54.0. The molecule has 0 radical (unpaired) electrons. The Morgan fingerprint density at radius 3 is 1.42 bits per heavy atom. The summed E-state index contributed by atoms with van der Waals surface area (Å²) in [7, 11) is 0. The summed E-state index contributed by atoms with van der Waals surface area (Å²) in [5.41, 5.74) is 0. The van der Waals surface area contributed by atoms with E-state index in [-0.39, 0.29) is 19.4 Å². The van der Waals surface area contributed by atoms with Gasteiger partial charge in [-0.25, -0.2) is 0 Å². The fourth-order valence-corrected chi connectivity index (χ4v) is 9.54. The molecule has 74 heavy (non-hydrogen) atoms. The first-order valence-electron chi connectivity index (χ1n) is 30.9. The first kappa shape index (κ1) is 69.6. The van der Waals surface area contributed by atoms with Crippen molar-refractivity contribution in [3.63, 3.8) is 0 Å². The molecule has 0 aromatic rings. The number of rotatable bonds is 52. The molecule has 11 heteroatoms. The van der Waals surface area contributed by atoms with Gasteiger partial charge in [-0.05, 0) is 64.2 Å². The number of unbranched alkanes of at least 4 members (excludes halogenated alkanes) is 32. The van der Waals surface area contributed by atoms with Gasteiger partial charge in [0.2, 0.25) is 5.91 Å². The van der Waals surface area contributed by atoms with Crippen molar-refractivity contribution in [2.75, 3.05) is 13.2 Å². The molecular weight excluding hydrogens is 931 g/mol. The number of aliphatic hydroxyl groups excluding tert-OH is 5. The van der Waals surface area contributed by atoms with E-state index in [0.717, 1.165) is 77.0 Å². The van der Waals surface area contributed by atoms with Crippen LogP contribution in [0.25, 0.3) is 0 Å². The SMILES string of the molecule is CCCCC/C=C\C/C=C\C/C=C\CCCCCC(O)C(=O)NC(COC1OC(CO)C(O)C(O)C1OC(=O)CCCCCCCCCCCCCCCCCCC)C(O)/C=C/CCCCCCCCCCCC. The van der Waals surface area contributed by atoms with Crippen molar-refractivity contribution in [1.82, 2.24) is 5.32 Å². The number of hydrogen-bond donors (Lipinski definition) is 6. The molecule has 8 atom stereocenters. The summed E-state index contributed by atoms with van der Waals surface area (Å²) in [4.78, 5) is 26.5. The van der Waals surface area contributed by atoms with E-state index in [4.69, 9.17) is 14.2 Å². The zero-order valence-electron chi connectivity index (χ0n) is 47.7. The van der Waals surface area contributed by atoms with Gasteiger partial charge in [0.25, 0.3) is 0 Å². The Kier molecular flexibility index (Phi) is 48.3. The van der Waals surface area contributed by atoms with Crippen LogP contribution in [-0.2, 0) is 23.8 Å². The van der Waals surface area contributed by atoms with Crippen molar-refractivity contribution >= 4 is 11.9 Å². The molecule has 1 fully saturated rings. The Labute approximate surface area is 453 Å². The largest absolute Gasteiger partial charge is 0.454 e. The maximum absolute atomic E-state index is 13.4. The summed E-state index contributed by atoms with van der Waals surface area (Å²) < 4.78 is 17.6. The Hall–Kier alpha value is -2.38. The second kappa shape index (κ2) is 51.4. The minimum Gasteiger partial charge on any atom is -0.454 e. The Morgan fingerprint density at radius 2 is 0.932 bits per heavy atom. The monoisotopic (exact) mass is 1050 g/mol. The van der Waals surface area contributed by atoms with E-state index < -0.39 is 67.4 Å². The van der Waals surface area contributed by atoms with E-state index in [1.807, 2.05) is 6.08 Å². The number of allylic oxidation sites excluding steroid dienone is 7. The van der Waals surface area contributed by atoms with Crippen LogP contribution >= 0.6 is 0 Å². The molecule has 0 aliphatic carbocycles. The predicted molar refractivity (Wildman–Crippen MR) is 306 cm³/mol. The van der Waals surface area contributed by atoms with Crippen molar-refractivity contribution < 1.29 is 49.3 Å². The first-order valence-corrected chi connectivity index (χ1v) is 30.9. The Bertz CT molecular complexity index is 1390. The second-order valence-electron chi connectivity index (χ2n) is 21.4. The van der Waals surface area contributed by atoms with Crippen molar-refractivity contribution in [1.29, 1.82) is 0 Å². The maximum atomic E-state index is 13.4. The highest BCUT2D eigenvalue weighted by Crippen LogP contribution is 2.26. The lowest BCUT2D eigenvalue weighted by molar-refractivity contribution is -0.305. The predicted octanol–water partition coefficient (Wildman–Crippen LogP) is 14.4. The average Bonchev–Trinajstić information content (AvgIpc) is 3.40. The van der Waals surface area contributed by atoms with Crippen LogP contribution in [0.5, 0.6) is 0 Å². The van der Waals surface area contributed by atoms with Crippen LogP contribution < -0.4 is 5.32 Å². The molecule has 0 bridgehead atoms. The lowest BCUT2D eigenvalue weighted by Crippen LogP contribution is -2.61. The highest BCUT2D eigenvalue weighted by Gasteiger charge is 2.47. The number of carbonyl (C=O) groups excluding carboxylic acids is 2. The normalized spacial score (nSPS) is 19.6. The average molecular weight is 1050 g/mol. The highest BCUT2D eigenvalue weighted by molar-refractivity contribution is 5.80. The molecule has 1 saturated heterocycles. The van der Waals surface area contributed by atoms with Crippen molar-refractivity contribution in [3.05, 3.63) is 48.6 Å². The number of carbonyl (C=O) groups is 2. The van der Waals surface area contributed by atoms with Gasteiger partial charge in [0.05, 0.1) is 25.4 Å². The van der Waals surface area contributed by atoms with Crippen LogP contribution in [-0.4, -0.2) is 99.6 Å². The Balaban J connectivity index is 2.70. The number of amides is 1. The minimum atomic E-state index is -1.61. The quantitative estimate of drug-likeness (QED) is 0.0195. The van der Waals surface area contributed by atoms with Crippen LogP contribution in [0.3, 0.4) is 0 Å². The van der Waals surface area contributed by atoms with E-state index in [1.54, 1.807) is 6.08 Å². The van der Waals surface area contributed by atoms with Gasteiger partial charge in [0.15, 0.2) is 12.4 Å². The fourth-order valence-electron chi connectivity index (χ4n) is 9.54. The molecule has 6 N–H and O–H groups in total. The van der Waals surface area contributed by atoms with Crippen LogP contribution in [0.15, 0.2) is 48.6 Å². The third kappa shape index (κ3) is 39.1. The van der Waals surface area contributed by atoms with Crippen LogP contribution in [0.2, 0.25) is 0 Å². The number of hydrogen-bond acceptors (Lipinski definition) is 10. The molecule has 1 rings (SSSR count). The lowest BCUT2D eigenvalue weighted by atomic mass is 9.99. The van der Waals surface area contributed by atoms with Gasteiger partial charge in [-0.2, -0.15) is 0 Å².